The number of hydrogen-bond donors (Lipinski definition) is 1. The first kappa shape index (κ1) is 15.1. The number of amides is 1. The van der Waals surface area contributed by atoms with Crippen LogP contribution in [0.2, 0.25) is 10.0 Å². The van der Waals surface area contributed by atoms with E-state index >= 15 is 0 Å². The highest BCUT2D eigenvalue weighted by Crippen LogP contribution is 2.28. The fourth-order valence-corrected chi connectivity index (χ4v) is 2.53. The molecule has 0 saturated carbocycles. The Morgan fingerprint density at radius 1 is 1.30 bits per heavy atom. The van der Waals surface area contributed by atoms with Gasteiger partial charge in [-0.25, -0.2) is 9.97 Å². The van der Waals surface area contributed by atoms with Crippen molar-refractivity contribution >= 4 is 46.7 Å². The molecule has 7 heteroatoms. The van der Waals surface area contributed by atoms with Gasteiger partial charge >= 0.3 is 0 Å². The minimum Gasteiger partial charge on any atom is -0.310 e. The van der Waals surface area contributed by atoms with Gasteiger partial charge in [-0.2, -0.15) is 0 Å². The fourth-order valence-electron chi connectivity index (χ4n) is 1.36. The number of anilines is 1. The third-order valence-corrected chi connectivity index (χ3v) is 4.12. The quantitative estimate of drug-likeness (QED) is 0.865. The van der Waals surface area contributed by atoms with E-state index in [9.17, 15) is 4.79 Å². The van der Waals surface area contributed by atoms with Crippen molar-refractivity contribution in [2.24, 2.45) is 0 Å². The molecule has 0 aliphatic heterocycles. The lowest BCUT2D eigenvalue weighted by atomic mass is 10.4. The Bertz CT molecular complexity index is 607. The van der Waals surface area contributed by atoms with Gasteiger partial charge in [-0.15, -0.1) is 0 Å². The van der Waals surface area contributed by atoms with Gasteiger partial charge in [0.25, 0.3) is 0 Å². The van der Waals surface area contributed by atoms with E-state index in [0.717, 1.165) is 0 Å². The zero-order chi connectivity index (χ0) is 14.5. The molecule has 2 aromatic rings. The van der Waals surface area contributed by atoms with Crippen molar-refractivity contribution in [3.63, 3.8) is 0 Å². The maximum Gasteiger partial charge on any atom is 0.238 e. The summed E-state index contributed by atoms with van der Waals surface area (Å²) in [6.07, 6.45) is 3.12. The predicted molar refractivity (Wildman–Crippen MR) is 82.4 cm³/mol. The van der Waals surface area contributed by atoms with Crippen molar-refractivity contribution in [3.05, 3.63) is 46.7 Å². The monoisotopic (exact) mass is 327 g/mol. The van der Waals surface area contributed by atoms with E-state index in [1.807, 2.05) is 0 Å². The van der Waals surface area contributed by atoms with Crippen molar-refractivity contribution in [3.8, 4) is 0 Å². The summed E-state index contributed by atoms with van der Waals surface area (Å²) in [4.78, 5) is 20.2. The molecular formula is C13H11Cl2N3OS. The summed E-state index contributed by atoms with van der Waals surface area (Å²) in [7, 11) is 0. The Hall–Kier alpha value is -1.30. The molecule has 2 rings (SSSR count). The lowest BCUT2D eigenvalue weighted by Crippen LogP contribution is -2.23. The molecule has 4 nitrogen and oxygen atoms in total. The second-order valence-electron chi connectivity index (χ2n) is 3.90. The van der Waals surface area contributed by atoms with Gasteiger partial charge in [0.2, 0.25) is 5.91 Å². The molecule has 2 heterocycles. The van der Waals surface area contributed by atoms with E-state index in [0.29, 0.717) is 20.9 Å². The number of rotatable bonds is 4. The second-order valence-corrected chi connectivity index (χ2v) is 6.07. The van der Waals surface area contributed by atoms with E-state index in [1.165, 1.54) is 18.0 Å². The number of thioether (sulfide) groups is 1. The van der Waals surface area contributed by atoms with Crippen molar-refractivity contribution in [1.29, 1.82) is 0 Å². The standard InChI is InChI=1S/C13H11Cl2N3OS/c1-8(20-13-10(15)3-2-6-16-13)12(19)18-11-5-4-9(14)7-17-11/h2-8H,1H3,(H,17,18,19). The molecule has 1 atom stereocenters. The summed E-state index contributed by atoms with van der Waals surface area (Å²) in [5.74, 6) is 0.283. The third-order valence-electron chi connectivity index (χ3n) is 2.36. The minimum atomic E-state index is -0.347. The van der Waals surface area contributed by atoms with E-state index in [1.54, 1.807) is 37.4 Å². The molecule has 0 radical (unpaired) electrons. The molecule has 0 saturated heterocycles. The Morgan fingerprint density at radius 2 is 2.10 bits per heavy atom. The summed E-state index contributed by atoms with van der Waals surface area (Å²) < 4.78 is 0. The van der Waals surface area contributed by atoms with Crippen LogP contribution < -0.4 is 5.32 Å². The van der Waals surface area contributed by atoms with Gasteiger partial charge in [-0.1, -0.05) is 35.0 Å². The lowest BCUT2D eigenvalue weighted by molar-refractivity contribution is -0.115. The topological polar surface area (TPSA) is 54.9 Å². The van der Waals surface area contributed by atoms with Crippen LogP contribution in [0.25, 0.3) is 0 Å². The van der Waals surface area contributed by atoms with Gasteiger partial charge in [-0.05, 0) is 31.2 Å². The summed E-state index contributed by atoms with van der Waals surface area (Å²) in [5, 5.41) is 4.04. The van der Waals surface area contributed by atoms with Gasteiger partial charge in [0.05, 0.1) is 15.3 Å². The van der Waals surface area contributed by atoms with E-state index in [-0.39, 0.29) is 11.2 Å². The first-order valence-corrected chi connectivity index (χ1v) is 7.39. The normalized spacial score (nSPS) is 11.9. The first-order valence-electron chi connectivity index (χ1n) is 5.76. The van der Waals surface area contributed by atoms with Crippen LogP contribution in [-0.4, -0.2) is 21.1 Å². The average Bonchev–Trinajstić information content (AvgIpc) is 2.44. The van der Waals surface area contributed by atoms with Crippen molar-refractivity contribution < 1.29 is 4.79 Å². The van der Waals surface area contributed by atoms with Crippen molar-refractivity contribution in [2.45, 2.75) is 17.2 Å². The van der Waals surface area contributed by atoms with Gasteiger partial charge in [-0.3, -0.25) is 4.79 Å². The Kier molecular flexibility index (Phi) is 5.23. The van der Waals surface area contributed by atoms with Crippen LogP contribution in [0.5, 0.6) is 0 Å². The average molecular weight is 328 g/mol. The highest BCUT2D eigenvalue weighted by atomic mass is 35.5. The van der Waals surface area contributed by atoms with Gasteiger partial charge < -0.3 is 5.32 Å². The molecule has 0 bridgehead atoms. The lowest BCUT2D eigenvalue weighted by Gasteiger charge is -2.11. The van der Waals surface area contributed by atoms with Gasteiger partial charge in [0.1, 0.15) is 10.8 Å². The second kappa shape index (κ2) is 6.92. The molecule has 1 amide bonds. The number of aromatic nitrogens is 2. The van der Waals surface area contributed by atoms with Crippen LogP contribution in [0.4, 0.5) is 5.82 Å². The number of pyridine rings is 2. The Morgan fingerprint density at radius 3 is 2.75 bits per heavy atom. The Balaban J connectivity index is 1.99. The number of nitrogens with zero attached hydrogens (tertiary/aromatic N) is 2. The molecule has 0 fully saturated rings. The predicted octanol–water partition coefficient (Wildman–Crippen LogP) is 3.90. The third kappa shape index (κ3) is 4.10. The number of carbonyl (C=O) groups excluding carboxylic acids is 1. The molecule has 0 aliphatic carbocycles. The fraction of sp³-hybridized carbons (Fsp3) is 0.154. The molecule has 2 aromatic heterocycles. The molecule has 0 aliphatic rings. The van der Waals surface area contributed by atoms with Crippen LogP contribution in [0, 0.1) is 0 Å². The van der Waals surface area contributed by atoms with Crippen molar-refractivity contribution in [1.82, 2.24) is 9.97 Å². The first-order chi connectivity index (χ1) is 9.56. The zero-order valence-corrected chi connectivity index (χ0v) is 12.8. The number of hydrogen-bond acceptors (Lipinski definition) is 4. The van der Waals surface area contributed by atoms with Crippen LogP contribution in [0.1, 0.15) is 6.92 Å². The van der Waals surface area contributed by atoms with E-state index < -0.39 is 0 Å². The molecule has 1 unspecified atom stereocenters. The van der Waals surface area contributed by atoms with Crippen LogP contribution in [-0.2, 0) is 4.79 Å². The highest BCUT2D eigenvalue weighted by molar-refractivity contribution is 8.00. The SMILES string of the molecule is CC(Sc1ncccc1Cl)C(=O)Nc1ccc(Cl)cn1. The van der Waals surface area contributed by atoms with Gasteiger partial charge in [0.15, 0.2) is 0 Å². The van der Waals surface area contributed by atoms with E-state index in [4.69, 9.17) is 23.2 Å². The number of nitrogens with one attached hydrogen (secondary N) is 1. The molecule has 0 aromatic carbocycles. The van der Waals surface area contributed by atoms with Crippen LogP contribution in [0.15, 0.2) is 41.7 Å². The maximum atomic E-state index is 12.0. The zero-order valence-electron chi connectivity index (χ0n) is 10.5. The smallest absolute Gasteiger partial charge is 0.238 e. The van der Waals surface area contributed by atoms with E-state index in [2.05, 4.69) is 15.3 Å². The molecular weight excluding hydrogens is 317 g/mol. The summed E-state index contributed by atoms with van der Waals surface area (Å²) >= 11 is 13.0. The molecule has 20 heavy (non-hydrogen) atoms. The summed E-state index contributed by atoms with van der Waals surface area (Å²) in [6.45, 7) is 1.78. The number of halogens is 2. The van der Waals surface area contributed by atoms with Gasteiger partial charge in [0, 0.05) is 12.4 Å². The van der Waals surface area contributed by atoms with Crippen molar-refractivity contribution in [2.75, 3.05) is 5.32 Å². The summed E-state index contributed by atoms with van der Waals surface area (Å²) in [5.41, 5.74) is 0. The molecule has 0 spiro atoms. The highest BCUT2D eigenvalue weighted by Gasteiger charge is 2.17. The Labute approximate surface area is 130 Å². The van der Waals surface area contributed by atoms with Crippen LogP contribution >= 0.6 is 35.0 Å². The number of carbonyl (C=O) groups is 1. The summed E-state index contributed by atoms with van der Waals surface area (Å²) in [6, 6.07) is 6.79. The maximum absolute atomic E-state index is 12.0. The molecule has 104 valence electrons. The van der Waals surface area contributed by atoms with Crippen LogP contribution in [0.3, 0.4) is 0 Å². The largest absolute Gasteiger partial charge is 0.310 e. The molecule has 1 N–H and O–H groups in total. The minimum absolute atomic E-state index is 0.174.